The standard InChI is InChI=1S/C89H144O17P2/c1-5-9-13-17-21-25-29-33-37-40-41-44-47-50-54-58-62-66-70-74-87(92)100-79-84(105-88(93)75-71-67-63-59-55-51-45-36-32-28-24-20-16-12-8-4)81-103-107(95,96)101-77-83(90)78-102-108(97,98)104-82-85(106-89(94)76-72-68-64-60-56-52-48-43-39-35-31-27-23-19-15-11-7-3)80-99-86(91)73-69-65-61-57-53-49-46-42-38-34-30-26-22-18-14-10-6-2/h10-12,14-16,21-28,33-39,41,44-46,49,55,59,67,71,83-85,90H,5-9,13,17-20,29-32,40,42-43,47-48,50-54,56-58,60-66,68-70,72-82H2,1-4H3,(H,95,96)(H,97,98)/b14-10-,15-11-,16-12-,25-21-,26-22-,27-23-,28-24-,37-33-,38-34-,39-35-,44-41-,45-36-,49-46-,59-55-,71-67-. The molecule has 0 rings (SSSR count). The molecule has 0 aliphatic heterocycles. The van der Waals surface area contributed by atoms with Crippen LogP contribution in [0.1, 0.15) is 297 Å². The fourth-order valence-corrected chi connectivity index (χ4v) is 11.8. The van der Waals surface area contributed by atoms with Crippen molar-refractivity contribution in [2.24, 2.45) is 0 Å². The third kappa shape index (κ3) is 78.3. The molecule has 0 saturated heterocycles. The van der Waals surface area contributed by atoms with E-state index in [0.29, 0.717) is 25.7 Å². The maximum atomic E-state index is 13.1. The van der Waals surface area contributed by atoms with Crippen LogP contribution < -0.4 is 0 Å². The van der Waals surface area contributed by atoms with Crippen LogP contribution in [0.2, 0.25) is 0 Å². The van der Waals surface area contributed by atoms with E-state index in [2.05, 4.69) is 186 Å². The molecule has 0 radical (unpaired) electrons. The van der Waals surface area contributed by atoms with Gasteiger partial charge in [-0.15, -0.1) is 0 Å². The van der Waals surface area contributed by atoms with E-state index in [1.807, 2.05) is 12.2 Å². The zero-order valence-corrected chi connectivity index (χ0v) is 68.7. The number of allylic oxidation sites excluding steroid dienone is 29. The quantitative estimate of drug-likeness (QED) is 0.0169. The molecular formula is C89H144O17P2. The van der Waals surface area contributed by atoms with Gasteiger partial charge < -0.3 is 33.8 Å². The average molecular weight is 1550 g/mol. The molecule has 0 bridgehead atoms. The maximum Gasteiger partial charge on any atom is 0.472 e. The van der Waals surface area contributed by atoms with Crippen LogP contribution in [0.25, 0.3) is 0 Å². The van der Waals surface area contributed by atoms with Gasteiger partial charge >= 0.3 is 39.5 Å². The van der Waals surface area contributed by atoms with E-state index in [4.69, 9.17) is 37.0 Å². The van der Waals surface area contributed by atoms with Crippen LogP contribution in [-0.2, 0) is 65.4 Å². The zero-order valence-electron chi connectivity index (χ0n) is 66.9. The van der Waals surface area contributed by atoms with Crippen LogP contribution in [-0.4, -0.2) is 96.7 Å². The van der Waals surface area contributed by atoms with Gasteiger partial charge in [0.2, 0.25) is 0 Å². The lowest BCUT2D eigenvalue weighted by molar-refractivity contribution is -0.161. The number of aliphatic hydroxyl groups is 1. The van der Waals surface area contributed by atoms with Crippen molar-refractivity contribution in [1.82, 2.24) is 0 Å². The predicted octanol–water partition coefficient (Wildman–Crippen LogP) is 24.3. The van der Waals surface area contributed by atoms with Gasteiger partial charge in [-0.25, -0.2) is 9.13 Å². The molecule has 0 aromatic rings. The smallest absolute Gasteiger partial charge is 0.462 e. The fourth-order valence-electron chi connectivity index (χ4n) is 10.2. The minimum atomic E-state index is -5.02. The van der Waals surface area contributed by atoms with E-state index in [1.54, 1.807) is 12.2 Å². The Morgan fingerprint density at radius 1 is 0.278 bits per heavy atom. The molecule has 0 spiro atoms. The molecule has 0 aliphatic rings. The highest BCUT2D eigenvalue weighted by atomic mass is 31.2. The molecule has 108 heavy (non-hydrogen) atoms. The Morgan fingerprint density at radius 2 is 0.519 bits per heavy atom. The van der Waals surface area contributed by atoms with Gasteiger partial charge in [-0.3, -0.25) is 37.3 Å². The molecule has 0 fully saturated rings. The number of carbonyl (C=O) groups excluding carboxylic acids is 4. The second-order valence-corrected chi connectivity index (χ2v) is 29.5. The normalized spacial score (nSPS) is 14.8. The number of hydrogen-bond donors (Lipinski definition) is 3. The Balaban J connectivity index is 5.49. The van der Waals surface area contributed by atoms with Crippen LogP contribution in [0.15, 0.2) is 182 Å². The van der Waals surface area contributed by atoms with E-state index >= 15 is 0 Å². The molecule has 0 aromatic heterocycles. The fraction of sp³-hybridized carbons (Fsp3) is 0.618. The SMILES string of the molecule is CC/C=C\C/C=C\C/C=C\C/C=C\C/C=C\CC(=O)OC(COC(=O)CCCCCCCC/C=C\C/C=C\C/C=C\CCCCC)COP(=O)(O)OCC(O)COP(=O)(O)OCC(COC(=O)CCCCCC/C=C\C/C=C\C/C=C\C/C=C\CC)OC(=O)CCCCCCCCC/C=C\C/C=C\C/C=C\CC. The largest absolute Gasteiger partial charge is 0.472 e. The highest BCUT2D eigenvalue weighted by Gasteiger charge is 2.30. The molecular weight excluding hydrogens is 1400 g/mol. The van der Waals surface area contributed by atoms with Gasteiger partial charge in [0.25, 0.3) is 0 Å². The third-order valence-electron chi connectivity index (χ3n) is 16.4. The summed E-state index contributed by atoms with van der Waals surface area (Å²) in [6, 6.07) is 0. The monoisotopic (exact) mass is 1550 g/mol. The minimum absolute atomic E-state index is 0.0685. The maximum absolute atomic E-state index is 13.1. The number of rotatable bonds is 75. The molecule has 5 unspecified atom stereocenters. The summed E-state index contributed by atoms with van der Waals surface area (Å²) in [6.45, 7) is 4.33. The van der Waals surface area contributed by atoms with Crippen molar-refractivity contribution < 1.29 is 80.2 Å². The molecule has 612 valence electrons. The first kappa shape index (κ1) is 102. The molecule has 19 heteroatoms. The summed E-state index contributed by atoms with van der Waals surface area (Å²) in [4.78, 5) is 73.1. The van der Waals surface area contributed by atoms with Crippen molar-refractivity contribution in [3.05, 3.63) is 182 Å². The Hall–Kier alpha value is -5.84. The summed E-state index contributed by atoms with van der Waals surface area (Å²) in [7, 11) is -10.0. The lowest BCUT2D eigenvalue weighted by Gasteiger charge is -2.21. The van der Waals surface area contributed by atoms with Gasteiger partial charge in [0.1, 0.15) is 19.3 Å². The molecule has 17 nitrogen and oxygen atoms in total. The highest BCUT2D eigenvalue weighted by molar-refractivity contribution is 7.47. The van der Waals surface area contributed by atoms with Gasteiger partial charge in [-0.1, -0.05) is 293 Å². The predicted molar refractivity (Wildman–Crippen MR) is 445 cm³/mol. The Bertz CT molecular complexity index is 2760. The van der Waals surface area contributed by atoms with Gasteiger partial charge in [0.15, 0.2) is 12.2 Å². The van der Waals surface area contributed by atoms with Crippen molar-refractivity contribution >= 4 is 39.5 Å². The van der Waals surface area contributed by atoms with E-state index in [1.165, 1.54) is 19.3 Å². The summed E-state index contributed by atoms with van der Waals surface area (Å²) >= 11 is 0. The number of phosphoric acid groups is 2. The van der Waals surface area contributed by atoms with Gasteiger partial charge in [0.05, 0.1) is 32.8 Å². The topological polar surface area (TPSA) is 237 Å². The van der Waals surface area contributed by atoms with Crippen LogP contribution in [0, 0.1) is 0 Å². The molecule has 5 atom stereocenters. The summed E-state index contributed by atoms with van der Waals surface area (Å²) in [5.41, 5.74) is 0. The highest BCUT2D eigenvalue weighted by Crippen LogP contribution is 2.45. The third-order valence-corrected chi connectivity index (χ3v) is 18.3. The lowest BCUT2D eigenvalue weighted by atomic mass is 10.1. The van der Waals surface area contributed by atoms with Crippen LogP contribution in [0.4, 0.5) is 0 Å². The second-order valence-electron chi connectivity index (χ2n) is 26.6. The number of aliphatic hydroxyl groups excluding tert-OH is 1. The summed E-state index contributed by atoms with van der Waals surface area (Å²) < 4.78 is 68.5. The van der Waals surface area contributed by atoms with E-state index in [-0.39, 0.29) is 25.7 Å². The summed E-state index contributed by atoms with van der Waals surface area (Å²) in [5, 5.41) is 10.7. The lowest BCUT2D eigenvalue weighted by Crippen LogP contribution is -2.30. The first-order chi connectivity index (χ1) is 52.7. The van der Waals surface area contributed by atoms with E-state index in [0.717, 1.165) is 199 Å². The van der Waals surface area contributed by atoms with Crippen LogP contribution in [0.3, 0.4) is 0 Å². The summed E-state index contributed by atoms with van der Waals surface area (Å²) in [5.74, 6) is -2.39. The Morgan fingerprint density at radius 3 is 0.824 bits per heavy atom. The summed E-state index contributed by atoms with van der Waals surface area (Å²) in [6.07, 6.45) is 96.1. The molecule has 0 heterocycles. The number of unbranched alkanes of at least 4 members (excludes halogenated alkanes) is 20. The van der Waals surface area contributed by atoms with Crippen molar-refractivity contribution in [3.63, 3.8) is 0 Å². The van der Waals surface area contributed by atoms with E-state index in [9.17, 15) is 43.2 Å². The molecule has 0 aromatic carbocycles. The van der Waals surface area contributed by atoms with Crippen LogP contribution >= 0.6 is 15.6 Å². The second kappa shape index (κ2) is 79.3. The number of phosphoric ester groups is 2. The molecule has 3 N–H and O–H groups in total. The van der Waals surface area contributed by atoms with Gasteiger partial charge in [-0.2, -0.15) is 0 Å². The van der Waals surface area contributed by atoms with Crippen molar-refractivity contribution in [2.75, 3.05) is 39.6 Å². The minimum Gasteiger partial charge on any atom is -0.462 e. The molecule has 0 amide bonds. The van der Waals surface area contributed by atoms with Crippen LogP contribution in [0.5, 0.6) is 0 Å². The van der Waals surface area contributed by atoms with Crippen molar-refractivity contribution in [1.29, 1.82) is 0 Å². The molecule has 0 aliphatic carbocycles. The zero-order chi connectivity index (χ0) is 78.9. The first-order valence-electron chi connectivity index (χ1n) is 41.0. The Labute approximate surface area is 654 Å². The van der Waals surface area contributed by atoms with E-state index < -0.39 is 97.5 Å². The number of hydrogen-bond acceptors (Lipinski definition) is 15. The molecule has 0 saturated carbocycles. The van der Waals surface area contributed by atoms with Gasteiger partial charge in [0, 0.05) is 19.3 Å². The number of esters is 4. The van der Waals surface area contributed by atoms with Crippen molar-refractivity contribution in [3.8, 4) is 0 Å². The first-order valence-corrected chi connectivity index (χ1v) is 44.0. The van der Waals surface area contributed by atoms with Gasteiger partial charge in [-0.05, 0) is 161 Å². The Kier molecular flexibility index (Phi) is 75.0. The number of carbonyl (C=O) groups is 4. The average Bonchev–Trinajstić information content (AvgIpc) is 0.900. The number of ether oxygens (including phenoxy) is 4. The van der Waals surface area contributed by atoms with Crippen molar-refractivity contribution in [2.45, 2.75) is 316 Å².